The molecule has 4 nitrogen and oxygen atoms in total. The van der Waals surface area contributed by atoms with E-state index in [9.17, 15) is 4.79 Å². The SMILES string of the molecule is CNCc1ccc(N(C)CC(N)=O)c(Br)c1. The lowest BCUT2D eigenvalue weighted by molar-refractivity contribution is -0.116. The Bertz CT molecular complexity index is 381. The van der Waals surface area contributed by atoms with Gasteiger partial charge in [0, 0.05) is 18.1 Å². The number of nitrogens with two attached hydrogens (primary N) is 1. The number of carbonyl (C=O) groups excluding carboxylic acids is 1. The van der Waals surface area contributed by atoms with E-state index in [-0.39, 0.29) is 12.5 Å². The molecule has 0 spiro atoms. The summed E-state index contributed by atoms with van der Waals surface area (Å²) in [7, 11) is 3.74. The molecule has 0 unspecified atom stereocenters. The molecule has 0 aliphatic heterocycles. The highest BCUT2D eigenvalue weighted by Crippen LogP contribution is 2.26. The van der Waals surface area contributed by atoms with Crippen LogP contribution < -0.4 is 16.0 Å². The summed E-state index contributed by atoms with van der Waals surface area (Å²) in [6.45, 7) is 1.03. The molecule has 0 atom stereocenters. The minimum Gasteiger partial charge on any atom is -0.368 e. The van der Waals surface area contributed by atoms with E-state index in [1.165, 1.54) is 5.56 Å². The second kappa shape index (κ2) is 5.86. The molecule has 0 aliphatic rings. The van der Waals surface area contributed by atoms with Crippen molar-refractivity contribution in [2.75, 3.05) is 25.5 Å². The van der Waals surface area contributed by atoms with Gasteiger partial charge in [-0.2, -0.15) is 0 Å². The molecule has 3 N–H and O–H groups in total. The molecule has 1 amide bonds. The second-order valence-electron chi connectivity index (χ2n) is 3.64. The molecule has 0 saturated carbocycles. The van der Waals surface area contributed by atoms with Crippen LogP contribution in [0.5, 0.6) is 0 Å². The summed E-state index contributed by atoms with van der Waals surface area (Å²) in [6, 6.07) is 6.02. The van der Waals surface area contributed by atoms with Gasteiger partial charge in [-0.1, -0.05) is 6.07 Å². The number of halogens is 1. The van der Waals surface area contributed by atoms with E-state index in [0.717, 1.165) is 16.7 Å². The molecule has 88 valence electrons. The predicted octanol–water partition coefficient (Wildman–Crippen LogP) is 1.09. The Labute approximate surface area is 104 Å². The third-order valence-corrected chi connectivity index (χ3v) is 2.83. The largest absolute Gasteiger partial charge is 0.368 e. The number of nitrogens with one attached hydrogen (secondary N) is 1. The minimum absolute atomic E-state index is 0.212. The quantitative estimate of drug-likeness (QED) is 0.852. The van der Waals surface area contributed by atoms with Gasteiger partial charge in [0.25, 0.3) is 0 Å². The first-order valence-electron chi connectivity index (χ1n) is 4.97. The van der Waals surface area contributed by atoms with Crippen LogP contribution in [0.3, 0.4) is 0 Å². The van der Waals surface area contributed by atoms with Gasteiger partial charge in [0.15, 0.2) is 0 Å². The van der Waals surface area contributed by atoms with Crippen molar-refractivity contribution in [3.05, 3.63) is 28.2 Å². The Kier molecular flexibility index (Phi) is 4.76. The Morgan fingerprint density at radius 2 is 2.25 bits per heavy atom. The van der Waals surface area contributed by atoms with E-state index < -0.39 is 0 Å². The Hall–Kier alpha value is -1.07. The van der Waals surface area contributed by atoms with Crippen molar-refractivity contribution in [1.82, 2.24) is 5.32 Å². The fourth-order valence-electron chi connectivity index (χ4n) is 1.49. The van der Waals surface area contributed by atoms with Gasteiger partial charge in [-0.15, -0.1) is 0 Å². The van der Waals surface area contributed by atoms with Crippen LogP contribution in [0.4, 0.5) is 5.69 Å². The number of carbonyl (C=O) groups is 1. The van der Waals surface area contributed by atoms with Crippen molar-refractivity contribution >= 4 is 27.5 Å². The Morgan fingerprint density at radius 1 is 1.56 bits per heavy atom. The number of amides is 1. The van der Waals surface area contributed by atoms with Crippen LogP contribution in [0, 0.1) is 0 Å². The zero-order chi connectivity index (χ0) is 12.1. The van der Waals surface area contributed by atoms with Crippen LogP contribution in [-0.4, -0.2) is 26.5 Å². The summed E-state index contributed by atoms with van der Waals surface area (Å²) in [5, 5.41) is 3.08. The molecule has 0 bridgehead atoms. The molecule has 1 rings (SSSR count). The van der Waals surface area contributed by atoms with Crippen LogP contribution in [0.15, 0.2) is 22.7 Å². The fraction of sp³-hybridized carbons (Fsp3) is 0.364. The smallest absolute Gasteiger partial charge is 0.236 e. The molecule has 5 heteroatoms. The highest BCUT2D eigenvalue weighted by atomic mass is 79.9. The van der Waals surface area contributed by atoms with Gasteiger partial charge in [0.05, 0.1) is 12.2 Å². The lowest BCUT2D eigenvalue weighted by atomic mass is 10.2. The van der Waals surface area contributed by atoms with E-state index in [1.807, 2.05) is 37.2 Å². The summed E-state index contributed by atoms with van der Waals surface area (Å²) in [6.07, 6.45) is 0. The molecule has 1 aromatic carbocycles. The number of hydrogen-bond donors (Lipinski definition) is 2. The summed E-state index contributed by atoms with van der Waals surface area (Å²) in [5.41, 5.74) is 7.30. The number of rotatable bonds is 5. The van der Waals surface area contributed by atoms with Gasteiger partial charge in [-0.25, -0.2) is 0 Å². The topological polar surface area (TPSA) is 58.4 Å². The van der Waals surface area contributed by atoms with Crippen molar-refractivity contribution in [1.29, 1.82) is 0 Å². The number of benzene rings is 1. The first kappa shape index (κ1) is 13.0. The van der Waals surface area contributed by atoms with Crippen molar-refractivity contribution in [2.45, 2.75) is 6.54 Å². The van der Waals surface area contributed by atoms with Gasteiger partial charge in [0.2, 0.25) is 5.91 Å². The lowest BCUT2D eigenvalue weighted by Crippen LogP contribution is -2.30. The zero-order valence-corrected chi connectivity index (χ0v) is 11.0. The fourth-order valence-corrected chi connectivity index (χ4v) is 2.22. The lowest BCUT2D eigenvalue weighted by Gasteiger charge is -2.19. The first-order valence-corrected chi connectivity index (χ1v) is 5.76. The maximum absolute atomic E-state index is 10.8. The highest BCUT2D eigenvalue weighted by molar-refractivity contribution is 9.10. The number of anilines is 1. The van der Waals surface area contributed by atoms with Gasteiger partial charge >= 0.3 is 0 Å². The van der Waals surface area contributed by atoms with E-state index >= 15 is 0 Å². The number of hydrogen-bond acceptors (Lipinski definition) is 3. The third kappa shape index (κ3) is 3.50. The van der Waals surface area contributed by atoms with E-state index in [0.29, 0.717) is 0 Å². The molecule has 0 fully saturated rings. The zero-order valence-electron chi connectivity index (χ0n) is 9.46. The van der Waals surface area contributed by atoms with Crippen molar-refractivity contribution in [3.63, 3.8) is 0 Å². The average Bonchev–Trinajstić information content (AvgIpc) is 2.16. The molecule has 0 heterocycles. The molecule has 1 aromatic rings. The molecule has 0 radical (unpaired) electrons. The van der Waals surface area contributed by atoms with Gasteiger partial charge in [-0.05, 0) is 40.7 Å². The summed E-state index contributed by atoms with van der Waals surface area (Å²) in [4.78, 5) is 12.6. The Morgan fingerprint density at radius 3 is 2.75 bits per heavy atom. The molecule has 0 aliphatic carbocycles. The van der Waals surface area contributed by atoms with E-state index in [2.05, 4.69) is 21.2 Å². The van der Waals surface area contributed by atoms with Crippen molar-refractivity contribution in [3.8, 4) is 0 Å². The van der Waals surface area contributed by atoms with Crippen molar-refractivity contribution in [2.24, 2.45) is 5.73 Å². The summed E-state index contributed by atoms with van der Waals surface area (Å²) < 4.78 is 0.962. The van der Waals surface area contributed by atoms with Crippen molar-refractivity contribution < 1.29 is 4.79 Å². The van der Waals surface area contributed by atoms with Crippen LogP contribution in [-0.2, 0) is 11.3 Å². The molecular formula is C11H16BrN3O. The van der Waals surface area contributed by atoms with E-state index in [1.54, 1.807) is 0 Å². The Balaban J connectivity index is 2.85. The maximum Gasteiger partial charge on any atom is 0.236 e. The number of nitrogens with zero attached hydrogens (tertiary/aromatic N) is 1. The standard InChI is InChI=1S/C11H16BrN3O/c1-14-6-8-3-4-10(9(12)5-8)15(2)7-11(13)16/h3-5,14H,6-7H2,1-2H3,(H2,13,16). The third-order valence-electron chi connectivity index (χ3n) is 2.20. The van der Waals surface area contributed by atoms with Gasteiger partial charge in [0.1, 0.15) is 0 Å². The highest BCUT2D eigenvalue weighted by Gasteiger charge is 2.08. The summed E-state index contributed by atoms with van der Waals surface area (Å²) in [5.74, 6) is -0.339. The van der Waals surface area contributed by atoms with Crippen LogP contribution in [0.2, 0.25) is 0 Å². The molecular weight excluding hydrogens is 270 g/mol. The van der Waals surface area contributed by atoms with Gasteiger partial charge in [-0.3, -0.25) is 4.79 Å². The monoisotopic (exact) mass is 285 g/mol. The number of likely N-dealkylation sites (N-methyl/N-ethyl adjacent to an activating group) is 1. The predicted molar refractivity (Wildman–Crippen MR) is 69.4 cm³/mol. The first-order chi connectivity index (χ1) is 7.54. The van der Waals surface area contributed by atoms with Crippen LogP contribution in [0.25, 0.3) is 0 Å². The van der Waals surface area contributed by atoms with Crippen LogP contribution >= 0.6 is 15.9 Å². The minimum atomic E-state index is -0.339. The molecule has 16 heavy (non-hydrogen) atoms. The molecule has 0 aromatic heterocycles. The van der Waals surface area contributed by atoms with Crippen LogP contribution in [0.1, 0.15) is 5.56 Å². The second-order valence-corrected chi connectivity index (χ2v) is 4.49. The average molecular weight is 286 g/mol. The number of primary amides is 1. The summed E-state index contributed by atoms with van der Waals surface area (Å²) >= 11 is 3.49. The van der Waals surface area contributed by atoms with Gasteiger partial charge < -0.3 is 16.0 Å². The van der Waals surface area contributed by atoms with E-state index in [4.69, 9.17) is 5.73 Å². The maximum atomic E-state index is 10.8. The normalized spacial score (nSPS) is 10.2. The molecule has 0 saturated heterocycles.